The van der Waals surface area contributed by atoms with Crippen molar-refractivity contribution in [3.8, 4) is 12.1 Å². The molecule has 0 amide bonds. The Morgan fingerprint density at radius 3 is 2.32 bits per heavy atom. The number of allylic oxidation sites excluding steroid dienone is 1. The molecule has 4 fully saturated rings. The Morgan fingerprint density at radius 1 is 0.964 bits per heavy atom. The van der Waals surface area contributed by atoms with E-state index < -0.39 is 0 Å². The molecule has 0 radical (unpaired) electrons. The highest BCUT2D eigenvalue weighted by Crippen LogP contribution is 2.33. The Balaban J connectivity index is 1.36. The predicted molar refractivity (Wildman–Crippen MR) is 114 cm³/mol. The number of nitrogens with one attached hydrogen (secondary N) is 1. The van der Waals surface area contributed by atoms with Gasteiger partial charge in [0.05, 0.1) is 0 Å². The highest BCUT2D eigenvalue weighted by molar-refractivity contribution is 7.96. The molecular formula is C21H33N6S+. The zero-order valence-electron chi connectivity index (χ0n) is 16.9. The van der Waals surface area contributed by atoms with Crippen molar-refractivity contribution in [2.75, 3.05) is 63.1 Å². The van der Waals surface area contributed by atoms with Gasteiger partial charge in [0.15, 0.2) is 5.57 Å². The van der Waals surface area contributed by atoms with Gasteiger partial charge in [-0.05, 0) is 36.6 Å². The van der Waals surface area contributed by atoms with Crippen molar-refractivity contribution in [2.45, 2.75) is 44.2 Å². The summed E-state index contributed by atoms with van der Waals surface area (Å²) < 4.78 is 0. The Hall–Kier alpha value is -1.41. The van der Waals surface area contributed by atoms with E-state index in [0.717, 1.165) is 44.3 Å². The number of nitrogens with zero attached hydrogens (tertiary/aromatic N) is 5. The maximum atomic E-state index is 9.58. The summed E-state index contributed by atoms with van der Waals surface area (Å²) >= 11 is 0. The molecule has 1 aliphatic carbocycles. The van der Waals surface area contributed by atoms with Crippen molar-refractivity contribution in [1.82, 2.24) is 20.0 Å². The summed E-state index contributed by atoms with van der Waals surface area (Å²) in [7, 11) is 0.560. The lowest BCUT2D eigenvalue weighted by Gasteiger charge is -2.38. The van der Waals surface area contributed by atoms with Crippen LogP contribution in [-0.4, -0.2) is 89.9 Å². The minimum absolute atomic E-state index is 0.312. The lowest BCUT2D eigenvalue weighted by Crippen LogP contribution is -2.44. The Labute approximate surface area is 172 Å². The van der Waals surface area contributed by atoms with E-state index in [4.69, 9.17) is 0 Å². The average molecular weight is 402 g/mol. The molecule has 0 unspecified atom stereocenters. The molecule has 0 spiro atoms. The third kappa shape index (κ3) is 4.59. The first-order valence-electron chi connectivity index (χ1n) is 10.9. The molecule has 0 aromatic heterocycles. The van der Waals surface area contributed by atoms with Gasteiger partial charge >= 0.3 is 0 Å². The standard InChI is InChI=1S/C21H33N6S/c22-16-18(17-23)21-26(8-1-13-28-14-6-24-7-15-28)11-12-27(21)20-4-9-25(10-5-20)19-2-3-19/h19-20,24H,1-15H2/q+1. The fraction of sp³-hybridized carbons (Fsp3) is 0.810. The zero-order chi connectivity index (χ0) is 19.3. The van der Waals surface area contributed by atoms with Gasteiger partial charge < -0.3 is 20.0 Å². The zero-order valence-corrected chi connectivity index (χ0v) is 17.7. The second kappa shape index (κ2) is 9.39. The molecule has 3 aliphatic heterocycles. The van der Waals surface area contributed by atoms with E-state index >= 15 is 0 Å². The van der Waals surface area contributed by atoms with Crippen molar-refractivity contribution < 1.29 is 0 Å². The normalized spacial score (nSPS) is 25.0. The quantitative estimate of drug-likeness (QED) is 0.531. The fourth-order valence-corrected chi connectivity index (χ4v) is 6.96. The highest BCUT2D eigenvalue weighted by Gasteiger charge is 2.37. The van der Waals surface area contributed by atoms with Gasteiger partial charge in [0.2, 0.25) is 0 Å². The lowest BCUT2D eigenvalue weighted by atomic mass is 10.0. The van der Waals surface area contributed by atoms with E-state index in [1.165, 1.54) is 62.7 Å². The van der Waals surface area contributed by atoms with Crippen LogP contribution in [0.3, 0.4) is 0 Å². The van der Waals surface area contributed by atoms with Gasteiger partial charge in [0.1, 0.15) is 35.2 Å². The minimum atomic E-state index is 0.312. The van der Waals surface area contributed by atoms with Crippen LogP contribution in [0.5, 0.6) is 0 Å². The lowest BCUT2D eigenvalue weighted by molar-refractivity contribution is 0.133. The molecule has 4 aliphatic rings. The van der Waals surface area contributed by atoms with E-state index in [0.29, 0.717) is 22.5 Å². The molecular weight excluding hydrogens is 368 g/mol. The Kier molecular flexibility index (Phi) is 6.67. The van der Waals surface area contributed by atoms with Crippen LogP contribution in [0.25, 0.3) is 0 Å². The molecule has 6 nitrogen and oxygen atoms in total. The number of nitriles is 2. The largest absolute Gasteiger partial charge is 0.355 e. The van der Waals surface area contributed by atoms with Crippen LogP contribution in [0.4, 0.5) is 0 Å². The molecule has 0 atom stereocenters. The molecule has 1 N–H and O–H groups in total. The van der Waals surface area contributed by atoms with Gasteiger partial charge in [-0.2, -0.15) is 10.5 Å². The fourth-order valence-electron chi connectivity index (χ4n) is 4.95. The molecule has 0 aromatic carbocycles. The molecule has 1 saturated carbocycles. The number of likely N-dealkylation sites (tertiary alicyclic amines) is 1. The van der Waals surface area contributed by atoms with E-state index in [1.54, 1.807) is 0 Å². The van der Waals surface area contributed by atoms with Gasteiger partial charge in [0.25, 0.3) is 0 Å². The van der Waals surface area contributed by atoms with E-state index in [1.807, 2.05) is 0 Å². The van der Waals surface area contributed by atoms with Crippen molar-refractivity contribution in [1.29, 1.82) is 10.5 Å². The van der Waals surface area contributed by atoms with Crippen LogP contribution in [0.15, 0.2) is 11.4 Å². The van der Waals surface area contributed by atoms with Gasteiger partial charge in [-0.25, -0.2) is 0 Å². The van der Waals surface area contributed by atoms with Gasteiger partial charge in [-0.3, -0.25) is 0 Å². The summed E-state index contributed by atoms with van der Waals surface area (Å²) in [5, 5.41) is 22.6. The van der Waals surface area contributed by atoms with E-state index in [9.17, 15) is 10.5 Å². The highest BCUT2D eigenvalue weighted by atomic mass is 32.2. The molecule has 28 heavy (non-hydrogen) atoms. The third-order valence-corrected chi connectivity index (χ3v) is 9.06. The summed E-state index contributed by atoms with van der Waals surface area (Å²) in [5.74, 6) is 4.86. The summed E-state index contributed by atoms with van der Waals surface area (Å²) in [4.78, 5) is 7.38. The first-order valence-corrected chi connectivity index (χ1v) is 12.7. The number of hydrogen-bond acceptors (Lipinski definition) is 6. The van der Waals surface area contributed by atoms with Crippen LogP contribution in [-0.2, 0) is 10.9 Å². The van der Waals surface area contributed by atoms with Crippen LogP contribution in [0, 0.1) is 22.7 Å². The molecule has 152 valence electrons. The maximum Gasteiger partial charge on any atom is 0.169 e. The van der Waals surface area contributed by atoms with Crippen molar-refractivity contribution in [3.05, 3.63) is 11.4 Å². The van der Waals surface area contributed by atoms with E-state index in [-0.39, 0.29) is 0 Å². The van der Waals surface area contributed by atoms with Crippen molar-refractivity contribution >= 4 is 10.9 Å². The van der Waals surface area contributed by atoms with Crippen molar-refractivity contribution in [3.63, 3.8) is 0 Å². The molecule has 3 saturated heterocycles. The molecule has 7 heteroatoms. The topological polar surface area (TPSA) is 69.3 Å². The van der Waals surface area contributed by atoms with Crippen LogP contribution in [0.2, 0.25) is 0 Å². The second-order valence-corrected chi connectivity index (χ2v) is 10.9. The minimum Gasteiger partial charge on any atom is -0.355 e. The van der Waals surface area contributed by atoms with Crippen LogP contribution in [0.1, 0.15) is 32.1 Å². The monoisotopic (exact) mass is 401 g/mol. The van der Waals surface area contributed by atoms with Gasteiger partial charge in [0, 0.05) is 64.3 Å². The van der Waals surface area contributed by atoms with Gasteiger partial charge in [-0.15, -0.1) is 0 Å². The molecule has 3 heterocycles. The molecule has 0 bridgehead atoms. The number of hydrogen-bond donors (Lipinski definition) is 1. The predicted octanol–water partition coefficient (Wildman–Crippen LogP) is 1.10. The first-order chi connectivity index (χ1) is 13.8. The maximum absolute atomic E-state index is 9.58. The number of rotatable bonds is 6. The van der Waals surface area contributed by atoms with Gasteiger partial charge in [-0.1, -0.05) is 0 Å². The SMILES string of the molecule is N#CC(C#N)=C1N(CCC[S+]2CCNCC2)CCN1C1CCN(C2CC2)CC1. The van der Waals surface area contributed by atoms with E-state index in [2.05, 4.69) is 32.2 Å². The summed E-state index contributed by atoms with van der Waals surface area (Å²) in [6.07, 6.45) is 6.24. The second-order valence-electron chi connectivity index (χ2n) is 8.43. The Morgan fingerprint density at radius 2 is 1.68 bits per heavy atom. The molecule has 0 aromatic rings. The van der Waals surface area contributed by atoms with Crippen molar-refractivity contribution in [2.24, 2.45) is 0 Å². The first kappa shape index (κ1) is 19.9. The summed E-state index contributed by atoms with van der Waals surface area (Å²) in [5.41, 5.74) is 0.312. The Bertz CT molecular complexity index is 631. The van der Waals surface area contributed by atoms with Crippen LogP contribution < -0.4 is 5.32 Å². The molecule has 4 rings (SSSR count). The smallest absolute Gasteiger partial charge is 0.169 e. The number of piperidine rings is 1. The summed E-state index contributed by atoms with van der Waals surface area (Å²) in [6, 6.07) is 5.70. The average Bonchev–Trinajstić information content (AvgIpc) is 3.52. The third-order valence-electron chi connectivity index (χ3n) is 6.63. The summed E-state index contributed by atoms with van der Waals surface area (Å²) in [6.45, 7) is 7.58. The van der Waals surface area contributed by atoms with Crippen LogP contribution >= 0.6 is 0 Å².